The Labute approximate surface area is 117 Å². The van der Waals surface area contributed by atoms with Gasteiger partial charge in [0.15, 0.2) is 17.2 Å². The van der Waals surface area contributed by atoms with Crippen molar-refractivity contribution in [3.05, 3.63) is 51.1 Å². The number of nitro benzene ring substituents is 1. The molecule has 0 spiro atoms. The molecule has 1 aliphatic carbocycles. The Morgan fingerprint density at radius 2 is 2.19 bits per heavy atom. The highest BCUT2D eigenvalue weighted by molar-refractivity contribution is 5.88. The minimum absolute atomic E-state index is 0.167. The lowest BCUT2D eigenvalue weighted by Gasteiger charge is -2.07. The maximum absolute atomic E-state index is 14.1. The van der Waals surface area contributed by atoms with Crippen LogP contribution in [0.25, 0.3) is 5.69 Å². The third kappa shape index (κ3) is 1.95. The number of carboxylic acids is 1. The number of halogens is 1. The summed E-state index contributed by atoms with van der Waals surface area (Å²) in [4.78, 5) is 21.6. The minimum atomic E-state index is -1.22. The van der Waals surface area contributed by atoms with Crippen LogP contribution in [0.4, 0.5) is 10.1 Å². The van der Waals surface area contributed by atoms with Gasteiger partial charge in [-0.1, -0.05) is 6.07 Å². The van der Waals surface area contributed by atoms with Crippen LogP contribution in [0.2, 0.25) is 0 Å². The first-order valence-corrected chi connectivity index (χ1v) is 6.28. The molecule has 108 valence electrons. The van der Waals surface area contributed by atoms with E-state index < -0.39 is 22.4 Å². The average Bonchev–Trinajstić information content (AvgIpc) is 3.00. The average molecular weight is 291 g/mol. The van der Waals surface area contributed by atoms with Crippen molar-refractivity contribution >= 4 is 11.7 Å². The van der Waals surface area contributed by atoms with Crippen molar-refractivity contribution in [3.8, 4) is 5.69 Å². The molecular weight excluding hydrogens is 281 g/mol. The highest BCUT2D eigenvalue weighted by atomic mass is 19.1. The van der Waals surface area contributed by atoms with E-state index in [0.717, 1.165) is 17.2 Å². The summed E-state index contributed by atoms with van der Waals surface area (Å²) < 4.78 is 15.1. The molecule has 0 atom stereocenters. The Bertz CT molecular complexity index is 769. The van der Waals surface area contributed by atoms with Crippen molar-refractivity contribution in [2.45, 2.75) is 19.3 Å². The number of nitrogens with zero attached hydrogens (tertiary/aromatic N) is 3. The molecule has 8 heteroatoms. The van der Waals surface area contributed by atoms with Crippen LogP contribution in [0.5, 0.6) is 0 Å². The molecule has 1 aromatic carbocycles. The smallest absolute Gasteiger partial charge is 0.356 e. The Hall–Kier alpha value is -2.77. The fourth-order valence-electron chi connectivity index (χ4n) is 2.66. The van der Waals surface area contributed by atoms with Crippen molar-refractivity contribution in [1.82, 2.24) is 9.78 Å². The van der Waals surface area contributed by atoms with Gasteiger partial charge >= 0.3 is 5.97 Å². The van der Waals surface area contributed by atoms with Gasteiger partial charge in [0.2, 0.25) is 0 Å². The summed E-state index contributed by atoms with van der Waals surface area (Å²) in [5.74, 6) is -2.02. The molecule has 0 saturated heterocycles. The van der Waals surface area contributed by atoms with Gasteiger partial charge in [0.25, 0.3) is 5.69 Å². The molecule has 0 bridgehead atoms. The number of carboxylic acid groups (broad SMARTS) is 1. The fraction of sp³-hybridized carbons (Fsp3) is 0.231. The molecule has 21 heavy (non-hydrogen) atoms. The second kappa shape index (κ2) is 4.65. The first kappa shape index (κ1) is 13.2. The van der Waals surface area contributed by atoms with Crippen LogP contribution >= 0.6 is 0 Å². The highest BCUT2D eigenvalue weighted by Crippen LogP contribution is 2.32. The van der Waals surface area contributed by atoms with Crippen molar-refractivity contribution in [2.24, 2.45) is 0 Å². The van der Waals surface area contributed by atoms with E-state index in [9.17, 15) is 19.3 Å². The number of rotatable bonds is 3. The van der Waals surface area contributed by atoms with E-state index in [-0.39, 0.29) is 11.4 Å². The summed E-state index contributed by atoms with van der Waals surface area (Å²) >= 11 is 0. The molecule has 1 heterocycles. The molecule has 2 aromatic rings. The Balaban J connectivity index is 2.30. The molecule has 0 radical (unpaired) electrons. The first-order valence-electron chi connectivity index (χ1n) is 6.28. The number of para-hydroxylation sites is 1. The van der Waals surface area contributed by atoms with E-state index in [1.54, 1.807) is 0 Å². The summed E-state index contributed by atoms with van der Waals surface area (Å²) in [6.07, 6.45) is 1.76. The number of aromatic nitrogens is 2. The molecule has 0 fully saturated rings. The number of nitro groups is 1. The van der Waals surface area contributed by atoms with Gasteiger partial charge in [-0.15, -0.1) is 0 Å². The summed E-state index contributed by atoms with van der Waals surface area (Å²) in [5, 5.41) is 24.1. The molecule has 1 N–H and O–H groups in total. The van der Waals surface area contributed by atoms with Gasteiger partial charge in [0, 0.05) is 17.3 Å². The molecule has 1 aliphatic rings. The second-order valence-electron chi connectivity index (χ2n) is 4.71. The lowest BCUT2D eigenvalue weighted by Crippen LogP contribution is -2.09. The van der Waals surface area contributed by atoms with Crippen molar-refractivity contribution in [1.29, 1.82) is 0 Å². The summed E-state index contributed by atoms with van der Waals surface area (Å²) in [5.41, 5.74) is 0.137. The normalized spacial score (nSPS) is 13.2. The van der Waals surface area contributed by atoms with Gasteiger partial charge in [-0.2, -0.15) is 5.10 Å². The van der Waals surface area contributed by atoms with Gasteiger partial charge in [-0.25, -0.2) is 13.9 Å². The number of hydrogen-bond acceptors (Lipinski definition) is 4. The fourth-order valence-corrected chi connectivity index (χ4v) is 2.66. The molecule has 1 aromatic heterocycles. The van der Waals surface area contributed by atoms with Crippen LogP contribution in [0, 0.1) is 15.9 Å². The maximum atomic E-state index is 14.1. The minimum Gasteiger partial charge on any atom is -0.476 e. The predicted octanol–water partition coefficient (Wildman–Crippen LogP) is 2.11. The summed E-state index contributed by atoms with van der Waals surface area (Å²) in [6, 6.07) is 3.49. The number of fused-ring (bicyclic) bond motifs is 1. The zero-order valence-corrected chi connectivity index (χ0v) is 10.7. The van der Waals surface area contributed by atoms with Crippen LogP contribution in [0.1, 0.15) is 28.2 Å². The number of carbonyl (C=O) groups is 1. The number of aromatic carboxylic acids is 1. The Morgan fingerprint density at radius 3 is 2.86 bits per heavy atom. The quantitative estimate of drug-likeness (QED) is 0.689. The molecule has 0 aliphatic heterocycles. The third-order valence-electron chi connectivity index (χ3n) is 3.51. The van der Waals surface area contributed by atoms with Gasteiger partial charge in [-0.05, 0) is 25.3 Å². The molecule has 0 unspecified atom stereocenters. The Morgan fingerprint density at radius 1 is 1.43 bits per heavy atom. The molecule has 0 saturated carbocycles. The van der Waals surface area contributed by atoms with Crippen LogP contribution in [0.15, 0.2) is 18.2 Å². The van der Waals surface area contributed by atoms with Crippen molar-refractivity contribution in [3.63, 3.8) is 0 Å². The van der Waals surface area contributed by atoms with E-state index in [4.69, 9.17) is 5.11 Å². The second-order valence-corrected chi connectivity index (χ2v) is 4.71. The van der Waals surface area contributed by atoms with E-state index >= 15 is 0 Å². The summed E-state index contributed by atoms with van der Waals surface area (Å²) in [6.45, 7) is 0. The van der Waals surface area contributed by atoms with Gasteiger partial charge in [0.1, 0.15) is 0 Å². The maximum Gasteiger partial charge on any atom is 0.356 e. The van der Waals surface area contributed by atoms with Gasteiger partial charge < -0.3 is 5.11 Å². The van der Waals surface area contributed by atoms with Crippen LogP contribution < -0.4 is 0 Å². The molecule has 0 amide bonds. The predicted molar refractivity (Wildman–Crippen MR) is 69.2 cm³/mol. The summed E-state index contributed by atoms with van der Waals surface area (Å²) in [7, 11) is 0. The van der Waals surface area contributed by atoms with E-state index in [1.165, 1.54) is 12.1 Å². The zero-order valence-electron chi connectivity index (χ0n) is 10.7. The molecule has 3 rings (SSSR count). The highest BCUT2D eigenvalue weighted by Gasteiger charge is 2.30. The largest absolute Gasteiger partial charge is 0.476 e. The van der Waals surface area contributed by atoms with Crippen molar-refractivity contribution in [2.75, 3.05) is 0 Å². The van der Waals surface area contributed by atoms with Gasteiger partial charge in [0.05, 0.1) is 4.92 Å². The topological polar surface area (TPSA) is 98.3 Å². The SMILES string of the molecule is O=C(O)c1nn(-c2c(F)cccc2[N+](=O)[O-])c2c1CCC2. The molecule has 7 nitrogen and oxygen atoms in total. The number of hydrogen-bond donors (Lipinski definition) is 1. The lowest BCUT2D eigenvalue weighted by molar-refractivity contribution is -0.384. The Kier molecular flexibility index (Phi) is 2.93. The van der Waals surface area contributed by atoms with Crippen LogP contribution in [-0.2, 0) is 12.8 Å². The first-order chi connectivity index (χ1) is 10.0. The third-order valence-corrected chi connectivity index (χ3v) is 3.51. The monoisotopic (exact) mass is 291 g/mol. The van der Waals surface area contributed by atoms with Crippen LogP contribution in [0.3, 0.4) is 0 Å². The molecular formula is C13H10FN3O4. The zero-order chi connectivity index (χ0) is 15.1. The number of benzene rings is 1. The van der Waals surface area contributed by atoms with Gasteiger partial charge in [-0.3, -0.25) is 10.1 Å². The van der Waals surface area contributed by atoms with Crippen molar-refractivity contribution < 1.29 is 19.2 Å². The van der Waals surface area contributed by atoms with E-state index in [0.29, 0.717) is 24.1 Å². The van der Waals surface area contributed by atoms with E-state index in [2.05, 4.69) is 5.10 Å². The van der Waals surface area contributed by atoms with E-state index in [1.807, 2.05) is 0 Å². The standard InChI is InChI=1S/C13H10FN3O4/c14-8-4-2-6-10(17(20)21)12(8)16-9-5-1-3-7(9)11(15-16)13(18)19/h2,4,6H,1,3,5H2,(H,18,19). The lowest BCUT2D eigenvalue weighted by atomic mass is 10.2. The van der Waals surface area contributed by atoms with Crippen LogP contribution in [-0.4, -0.2) is 25.8 Å².